The molecule has 3 atom stereocenters. The van der Waals surface area contributed by atoms with E-state index in [9.17, 15) is 14.4 Å². The molecule has 40 heavy (non-hydrogen) atoms. The second-order valence-electron chi connectivity index (χ2n) is 14.5. The van der Waals surface area contributed by atoms with Crippen LogP contribution in [0.4, 0.5) is 0 Å². The molecular weight excluding hydrogens is 492 g/mol. The number of aryl methyl sites for hydroxylation is 1. The molecule has 0 fully saturated rings. The van der Waals surface area contributed by atoms with Crippen LogP contribution in [0.2, 0.25) is 0 Å². The number of ketones is 3. The van der Waals surface area contributed by atoms with E-state index in [1.807, 2.05) is 20.8 Å². The van der Waals surface area contributed by atoms with Crippen molar-refractivity contribution in [2.75, 3.05) is 0 Å². The van der Waals surface area contributed by atoms with Gasteiger partial charge in [0.25, 0.3) is 0 Å². The van der Waals surface area contributed by atoms with E-state index in [2.05, 4.69) is 54.5 Å². The number of carbonyl (C=O) groups excluding carboxylic acids is 3. The van der Waals surface area contributed by atoms with E-state index in [1.165, 1.54) is 42.9 Å². The van der Waals surface area contributed by atoms with Gasteiger partial charge in [-0.25, -0.2) is 0 Å². The normalized spacial score (nSPS) is 28.3. The van der Waals surface area contributed by atoms with Gasteiger partial charge in [-0.05, 0) is 106 Å². The van der Waals surface area contributed by atoms with Gasteiger partial charge in [-0.1, -0.05) is 78.0 Å². The lowest BCUT2D eigenvalue weighted by Gasteiger charge is -2.59. The van der Waals surface area contributed by atoms with Crippen molar-refractivity contribution in [3.05, 3.63) is 56.2 Å². The monoisotopic (exact) mass is 544 g/mol. The first-order valence-corrected chi connectivity index (χ1v) is 15.7. The zero-order valence-corrected chi connectivity index (χ0v) is 27.1. The molecule has 218 valence electrons. The van der Waals surface area contributed by atoms with Crippen LogP contribution in [0.1, 0.15) is 146 Å². The molecule has 0 N–H and O–H groups in total. The van der Waals surface area contributed by atoms with Gasteiger partial charge in [0.15, 0.2) is 17.3 Å². The quantitative estimate of drug-likeness (QED) is 0.306. The van der Waals surface area contributed by atoms with Crippen molar-refractivity contribution in [2.45, 2.75) is 133 Å². The molecule has 3 aliphatic rings. The molecule has 0 spiro atoms. The molecule has 0 aromatic heterocycles. The average Bonchev–Trinajstić information content (AvgIpc) is 2.84. The van der Waals surface area contributed by atoms with Gasteiger partial charge in [0, 0.05) is 16.6 Å². The van der Waals surface area contributed by atoms with Crippen molar-refractivity contribution < 1.29 is 14.4 Å². The van der Waals surface area contributed by atoms with E-state index >= 15 is 0 Å². The summed E-state index contributed by atoms with van der Waals surface area (Å²) in [6.07, 6.45) is 8.09. The standard InChI is InChI=1S/C37H52O3/c1-12-26(13-2)15-14-16-27-17-28(21(3)4)29-19-35(9)20-36(10)18-22(5)30(25(8)38)34(40)37(36,11)24(7)32(35)33(39)31(29)23(27)6/h17,21,26H,12-16,18-20H2,1-11H3. The van der Waals surface area contributed by atoms with Crippen LogP contribution in [0.5, 0.6) is 0 Å². The first-order chi connectivity index (χ1) is 18.6. The molecule has 0 radical (unpaired) electrons. The van der Waals surface area contributed by atoms with Crippen molar-refractivity contribution in [2.24, 2.45) is 22.2 Å². The van der Waals surface area contributed by atoms with E-state index in [0.717, 1.165) is 59.4 Å². The predicted molar refractivity (Wildman–Crippen MR) is 165 cm³/mol. The third-order valence-electron chi connectivity index (χ3n) is 11.5. The summed E-state index contributed by atoms with van der Waals surface area (Å²) < 4.78 is 0. The molecule has 1 aromatic rings. The predicted octanol–water partition coefficient (Wildman–Crippen LogP) is 9.23. The van der Waals surface area contributed by atoms with E-state index in [0.29, 0.717) is 17.9 Å². The Morgan fingerprint density at radius 2 is 1.62 bits per heavy atom. The highest BCUT2D eigenvalue weighted by molar-refractivity contribution is 6.24. The molecule has 0 amide bonds. The Morgan fingerprint density at radius 1 is 1.00 bits per heavy atom. The van der Waals surface area contributed by atoms with Crippen LogP contribution in [0.15, 0.2) is 28.4 Å². The van der Waals surface area contributed by atoms with Gasteiger partial charge in [-0.3, -0.25) is 14.4 Å². The second-order valence-corrected chi connectivity index (χ2v) is 14.5. The number of Topliss-reactive ketones (excluding diaryl/α,β-unsaturated/α-hetero) is 3. The smallest absolute Gasteiger partial charge is 0.190 e. The summed E-state index contributed by atoms with van der Waals surface area (Å²) in [5, 5.41) is 0. The average molecular weight is 545 g/mol. The lowest BCUT2D eigenvalue weighted by atomic mass is 9.42. The number of allylic oxidation sites excluding steroid dienone is 4. The van der Waals surface area contributed by atoms with Gasteiger partial charge in [0.05, 0.1) is 11.0 Å². The maximum absolute atomic E-state index is 14.7. The zero-order chi connectivity index (χ0) is 29.9. The molecule has 3 unspecified atom stereocenters. The molecule has 3 aliphatic carbocycles. The van der Waals surface area contributed by atoms with Crippen molar-refractivity contribution in [3.63, 3.8) is 0 Å². The number of rotatable bonds is 8. The lowest BCUT2D eigenvalue weighted by molar-refractivity contribution is -0.134. The van der Waals surface area contributed by atoms with E-state index in [-0.39, 0.29) is 28.2 Å². The Bertz CT molecular complexity index is 1330. The van der Waals surface area contributed by atoms with Crippen LogP contribution in [0, 0.1) is 29.1 Å². The molecule has 0 saturated heterocycles. The van der Waals surface area contributed by atoms with Crippen molar-refractivity contribution in [1.82, 2.24) is 0 Å². The maximum atomic E-state index is 14.7. The minimum Gasteiger partial charge on any atom is -0.294 e. The topological polar surface area (TPSA) is 51.2 Å². The molecule has 0 saturated carbocycles. The largest absolute Gasteiger partial charge is 0.294 e. The third kappa shape index (κ3) is 4.42. The minimum atomic E-state index is -0.864. The van der Waals surface area contributed by atoms with Gasteiger partial charge < -0.3 is 0 Å². The fourth-order valence-corrected chi connectivity index (χ4v) is 9.12. The van der Waals surface area contributed by atoms with Gasteiger partial charge in [0.1, 0.15) is 0 Å². The first-order valence-electron chi connectivity index (χ1n) is 15.7. The Labute approximate surface area is 243 Å². The van der Waals surface area contributed by atoms with Crippen LogP contribution in [0.25, 0.3) is 0 Å². The molecule has 3 heteroatoms. The highest BCUT2D eigenvalue weighted by Crippen LogP contribution is 2.66. The van der Waals surface area contributed by atoms with Gasteiger partial charge in [-0.15, -0.1) is 0 Å². The minimum absolute atomic E-state index is 0.0911. The first kappa shape index (κ1) is 30.7. The molecule has 0 aliphatic heterocycles. The molecule has 4 rings (SSSR count). The van der Waals surface area contributed by atoms with E-state index < -0.39 is 5.41 Å². The second kappa shape index (κ2) is 10.5. The molecule has 0 bridgehead atoms. The Hall–Kier alpha value is -2.29. The molecule has 3 nitrogen and oxygen atoms in total. The summed E-state index contributed by atoms with van der Waals surface area (Å²) in [6.45, 7) is 23.2. The number of hydrogen-bond acceptors (Lipinski definition) is 3. The van der Waals surface area contributed by atoms with Crippen LogP contribution in [-0.4, -0.2) is 17.3 Å². The Morgan fingerprint density at radius 3 is 2.17 bits per heavy atom. The van der Waals surface area contributed by atoms with Gasteiger partial charge in [0.2, 0.25) is 0 Å². The summed E-state index contributed by atoms with van der Waals surface area (Å²) in [5.74, 6) is 0.966. The van der Waals surface area contributed by atoms with Gasteiger partial charge >= 0.3 is 0 Å². The highest BCUT2D eigenvalue weighted by Gasteiger charge is 2.63. The lowest BCUT2D eigenvalue weighted by Crippen LogP contribution is -2.57. The zero-order valence-electron chi connectivity index (χ0n) is 27.1. The summed E-state index contributed by atoms with van der Waals surface area (Å²) in [5.41, 5.74) is 7.29. The van der Waals surface area contributed by atoms with Crippen LogP contribution < -0.4 is 0 Å². The van der Waals surface area contributed by atoms with Crippen molar-refractivity contribution >= 4 is 17.3 Å². The van der Waals surface area contributed by atoms with Crippen molar-refractivity contribution in [3.8, 4) is 0 Å². The maximum Gasteiger partial charge on any atom is 0.190 e. The van der Waals surface area contributed by atoms with E-state index in [1.54, 1.807) is 0 Å². The molecule has 1 aromatic carbocycles. The summed E-state index contributed by atoms with van der Waals surface area (Å²) in [6, 6.07) is 2.41. The van der Waals surface area contributed by atoms with Crippen LogP contribution in [-0.2, 0) is 22.4 Å². The van der Waals surface area contributed by atoms with Crippen LogP contribution in [0.3, 0.4) is 0 Å². The number of benzene rings is 1. The van der Waals surface area contributed by atoms with Gasteiger partial charge in [-0.2, -0.15) is 0 Å². The number of hydrogen-bond donors (Lipinski definition) is 0. The Kier molecular flexibility index (Phi) is 8.06. The Balaban J connectivity index is 1.89. The molecular formula is C37H52O3. The summed E-state index contributed by atoms with van der Waals surface area (Å²) in [7, 11) is 0. The highest BCUT2D eigenvalue weighted by atomic mass is 16.2. The number of carbonyl (C=O) groups is 3. The molecule has 0 heterocycles. The fraction of sp³-hybridized carbons (Fsp3) is 0.649. The fourth-order valence-electron chi connectivity index (χ4n) is 9.12. The SMILES string of the molecule is CCC(CC)CCCc1cc(C(C)C)c2c(c1C)C(=O)C1=C(C)C3(C)C(=O)C(C(C)=O)=C(C)CC3(C)CC1(C)C2. The van der Waals surface area contributed by atoms with Crippen molar-refractivity contribution in [1.29, 1.82) is 0 Å². The summed E-state index contributed by atoms with van der Waals surface area (Å²) in [4.78, 5) is 41.5. The third-order valence-corrected chi connectivity index (χ3v) is 11.5. The number of fused-ring (bicyclic) bond motifs is 3. The van der Waals surface area contributed by atoms with E-state index in [4.69, 9.17) is 0 Å². The summed E-state index contributed by atoms with van der Waals surface area (Å²) >= 11 is 0. The van der Waals surface area contributed by atoms with Crippen LogP contribution >= 0.6 is 0 Å².